The first-order valence-corrected chi connectivity index (χ1v) is 8.05. The molecule has 0 saturated carbocycles. The average Bonchev–Trinajstić information content (AvgIpc) is 2.44. The Morgan fingerprint density at radius 3 is 2.38 bits per heavy atom. The van der Waals surface area contributed by atoms with E-state index in [1.807, 2.05) is 38.1 Å². The fourth-order valence-corrected chi connectivity index (χ4v) is 3.08. The second-order valence-corrected chi connectivity index (χ2v) is 6.33. The molecule has 0 aliphatic heterocycles. The van der Waals surface area contributed by atoms with Crippen LogP contribution in [0.25, 0.3) is 0 Å². The average molecular weight is 350 g/mol. The zero-order chi connectivity index (χ0) is 15.4. The van der Waals surface area contributed by atoms with E-state index in [2.05, 4.69) is 40.3 Å². The quantitative estimate of drug-likeness (QED) is 0.791. The number of hydrogen-bond acceptors (Lipinski definition) is 1. The monoisotopic (exact) mass is 349 g/mol. The zero-order valence-electron chi connectivity index (χ0n) is 12.7. The Kier molecular flexibility index (Phi) is 5.54. The largest absolute Gasteiger partial charge is 0.310 e. The van der Waals surface area contributed by atoms with E-state index in [4.69, 9.17) is 0 Å². The first kappa shape index (κ1) is 16.2. The molecule has 0 fully saturated rings. The van der Waals surface area contributed by atoms with Crippen molar-refractivity contribution in [2.75, 3.05) is 6.54 Å². The highest BCUT2D eigenvalue weighted by atomic mass is 79.9. The molecule has 3 heteroatoms. The van der Waals surface area contributed by atoms with Crippen molar-refractivity contribution in [3.05, 3.63) is 68.9 Å². The first-order chi connectivity index (χ1) is 10.0. The van der Waals surface area contributed by atoms with Gasteiger partial charge in [-0.15, -0.1) is 0 Å². The maximum Gasteiger partial charge on any atom is 0.129 e. The van der Waals surface area contributed by atoms with E-state index in [-0.39, 0.29) is 11.9 Å². The van der Waals surface area contributed by atoms with Gasteiger partial charge in [0.25, 0.3) is 0 Å². The van der Waals surface area contributed by atoms with Gasteiger partial charge < -0.3 is 5.32 Å². The summed E-state index contributed by atoms with van der Waals surface area (Å²) >= 11 is 3.51. The summed E-state index contributed by atoms with van der Waals surface area (Å²) in [6.45, 7) is 6.63. The van der Waals surface area contributed by atoms with Gasteiger partial charge in [-0.1, -0.05) is 47.1 Å². The van der Waals surface area contributed by atoms with Crippen LogP contribution in [0.3, 0.4) is 0 Å². The van der Waals surface area contributed by atoms with Crippen LogP contribution in [0.2, 0.25) is 0 Å². The van der Waals surface area contributed by atoms with E-state index in [1.54, 1.807) is 0 Å². The number of aryl methyl sites for hydroxylation is 2. The van der Waals surface area contributed by atoms with Crippen molar-refractivity contribution >= 4 is 15.9 Å². The minimum absolute atomic E-state index is 0.101. The molecule has 2 aromatic rings. The molecule has 0 aliphatic carbocycles. The van der Waals surface area contributed by atoms with Gasteiger partial charge >= 0.3 is 0 Å². The van der Waals surface area contributed by atoms with Crippen molar-refractivity contribution in [1.82, 2.24) is 5.32 Å². The molecule has 0 radical (unpaired) electrons. The van der Waals surface area contributed by atoms with Gasteiger partial charge in [-0.05, 0) is 61.2 Å². The minimum Gasteiger partial charge on any atom is -0.310 e. The third kappa shape index (κ3) is 4.14. The molecule has 1 atom stereocenters. The van der Waals surface area contributed by atoms with Crippen LogP contribution in [0.4, 0.5) is 4.39 Å². The number of rotatable bonds is 5. The molecule has 0 amide bonds. The Morgan fingerprint density at radius 2 is 1.81 bits per heavy atom. The number of halogens is 2. The lowest BCUT2D eigenvalue weighted by molar-refractivity contribution is 0.545. The molecule has 1 N–H and O–H groups in total. The predicted molar refractivity (Wildman–Crippen MR) is 90.1 cm³/mol. The lowest BCUT2D eigenvalue weighted by Crippen LogP contribution is -2.23. The van der Waals surface area contributed by atoms with Crippen molar-refractivity contribution < 1.29 is 4.39 Å². The van der Waals surface area contributed by atoms with Gasteiger partial charge in [0, 0.05) is 10.5 Å². The summed E-state index contributed by atoms with van der Waals surface area (Å²) in [7, 11) is 0. The van der Waals surface area contributed by atoms with E-state index in [9.17, 15) is 4.39 Å². The fraction of sp³-hybridized carbons (Fsp3) is 0.333. The Balaban J connectivity index is 2.30. The van der Waals surface area contributed by atoms with Gasteiger partial charge in [-0.25, -0.2) is 4.39 Å². The second-order valence-electron chi connectivity index (χ2n) is 5.41. The number of likely N-dealkylation sites (N-methyl/N-ethyl adjacent to an activating group) is 1. The van der Waals surface area contributed by atoms with Crippen LogP contribution in [0.1, 0.15) is 35.2 Å². The van der Waals surface area contributed by atoms with Crippen LogP contribution < -0.4 is 5.32 Å². The van der Waals surface area contributed by atoms with Crippen molar-refractivity contribution in [1.29, 1.82) is 0 Å². The zero-order valence-corrected chi connectivity index (χ0v) is 14.3. The highest BCUT2D eigenvalue weighted by Gasteiger charge is 2.14. The molecule has 2 aromatic carbocycles. The summed E-state index contributed by atoms with van der Waals surface area (Å²) in [6, 6.07) is 12.4. The molecule has 0 saturated heterocycles. The molecule has 112 valence electrons. The van der Waals surface area contributed by atoms with Gasteiger partial charge in [0.2, 0.25) is 0 Å². The van der Waals surface area contributed by atoms with Gasteiger partial charge in [0.05, 0.1) is 0 Å². The number of benzene rings is 2. The minimum atomic E-state index is -0.101. The third-order valence-corrected chi connectivity index (χ3v) is 4.13. The van der Waals surface area contributed by atoms with Gasteiger partial charge in [-0.3, -0.25) is 0 Å². The molecule has 2 rings (SSSR count). The Hall–Kier alpha value is -1.19. The van der Waals surface area contributed by atoms with Crippen LogP contribution in [-0.2, 0) is 6.42 Å². The molecule has 1 nitrogen and oxygen atoms in total. The van der Waals surface area contributed by atoms with Crippen molar-refractivity contribution in [2.24, 2.45) is 0 Å². The smallest absolute Gasteiger partial charge is 0.129 e. The van der Waals surface area contributed by atoms with Crippen LogP contribution in [0.5, 0.6) is 0 Å². The normalized spacial score (nSPS) is 12.4. The molecule has 0 aliphatic rings. The van der Waals surface area contributed by atoms with Crippen molar-refractivity contribution in [3.8, 4) is 0 Å². The van der Waals surface area contributed by atoms with Crippen molar-refractivity contribution in [2.45, 2.75) is 33.2 Å². The summed E-state index contributed by atoms with van der Waals surface area (Å²) in [5.41, 5.74) is 3.83. The fourth-order valence-electron chi connectivity index (χ4n) is 2.63. The Morgan fingerprint density at radius 1 is 1.14 bits per heavy atom. The van der Waals surface area contributed by atoms with Gasteiger partial charge in [0.1, 0.15) is 5.82 Å². The number of nitrogens with one attached hydrogen (secondary N) is 1. The molecule has 0 bridgehead atoms. The SMILES string of the molecule is CCNC(Cc1cccc(Br)c1)c1cc(C)c(F)c(C)c1. The summed E-state index contributed by atoms with van der Waals surface area (Å²) in [6.07, 6.45) is 0.887. The van der Waals surface area contributed by atoms with Crippen molar-refractivity contribution in [3.63, 3.8) is 0 Å². The van der Waals surface area contributed by atoms with E-state index < -0.39 is 0 Å². The standard InChI is InChI=1S/C18H21BrFN/c1-4-21-17(11-14-6-5-7-16(19)10-14)15-8-12(2)18(20)13(3)9-15/h5-10,17,21H,4,11H2,1-3H3. The lowest BCUT2D eigenvalue weighted by atomic mass is 9.95. The lowest BCUT2D eigenvalue weighted by Gasteiger charge is -2.20. The molecule has 0 spiro atoms. The highest BCUT2D eigenvalue weighted by molar-refractivity contribution is 9.10. The molecule has 21 heavy (non-hydrogen) atoms. The number of hydrogen-bond donors (Lipinski definition) is 1. The maximum absolute atomic E-state index is 13.8. The van der Waals surface area contributed by atoms with Crippen LogP contribution >= 0.6 is 15.9 Å². The predicted octanol–water partition coefficient (Wildman–Crippen LogP) is 5.10. The Bertz CT molecular complexity index is 601. The second kappa shape index (κ2) is 7.19. The molecule has 0 aromatic heterocycles. The topological polar surface area (TPSA) is 12.0 Å². The highest BCUT2D eigenvalue weighted by Crippen LogP contribution is 2.24. The van der Waals surface area contributed by atoms with E-state index in [0.29, 0.717) is 11.1 Å². The van der Waals surface area contributed by atoms with Crippen LogP contribution in [0.15, 0.2) is 40.9 Å². The summed E-state index contributed by atoms with van der Waals surface area (Å²) in [5, 5.41) is 3.50. The van der Waals surface area contributed by atoms with Crippen LogP contribution in [-0.4, -0.2) is 6.54 Å². The first-order valence-electron chi connectivity index (χ1n) is 7.25. The molecular weight excluding hydrogens is 329 g/mol. The van der Waals surface area contributed by atoms with Gasteiger partial charge in [-0.2, -0.15) is 0 Å². The Labute approximate surface area is 134 Å². The third-order valence-electron chi connectivity index (χ3n) is 3.64. The molecular formula is C18H21BrFN. The van der Waals surface area contributed by atoms with E-state index in [1.165, 1.54) is 5.56 Å². The summed E-state index contributed by atoms with van der Waals surface area (Å²) in [4.78, 5) is 0. The van der Waals surface area contributed by atoms with Crippen LogP contribution in [0, 0.1) is 19.7 Å². The summed E-state index contributed by atoms with van der Waals surface area (Å²) < 4.78 is 14.9. The maximum atomic E-state index is 13.8. The summed E-state index contributed by atoms with van der Waals surface area (Å²) in [5.74, 6) is -0.101. The molecule has 1 unspecified atom stereocenters. The van der Waals surface area contributed by atoms with Gasteiger partial charge in [0.15, 0.2) is 0 Å². The van der Waals surface area contributed by atoms with E-state index in [0.717, 1.165) is 23.0 Å². The van der Waals surface area contributed by atoms with E-state index >= 15 is 0 Å². The molecule has 0 heterocycles.